The molecule has 5 heteroatoms. The van der Waals surface area contributed by atoms with Crippen molar-refractivity contribution in [2.24, 2.45) is 5.73 Å². The summed E-state index contributed by atoms with van der Waals surface area (Å²) in [4.78, 5) is 0. The van der Waals surface area contributed by atoms with Crippen LogP contribution in [-0.2, 0) is 0 Å². The fourth-order valence-electron chi connectivity index (χ4n) is 1.62. The van der Waals surface area contributed by atoms with Crippen molar-refractivity contribution >= 4 is 11.6 Å². The van der Waals surface area contributed by atoms with Gasteiger partial charge in [-0.05, 0) is 25.3 Å². The van der Waals surface area contributed by atoms with Crippen LogP contribution < -0.4 is 10.5 Å². The number of halogens is 1. The quantitative estimate of drug-likeness (QED) is 0.807. The molecule has 0 spiro atoms. The molecule has 0 bridgehead atoms. The third-order valence-corrected chi connectivity index (χ3v) is 2.52. The fraction of sp³-hybridized carbons (Fsp3) is 0.556. The Bertz CT molecular complexity index is 303. The number of ether oxygens (including phenoxy) is 1. The highest BCUT2D eigenvalue weighted by Gasteiger charge is 2.23. The van der Waals surface area contributed by atoms with Crippen molar-refractivity contribution in [1.29, 1.82) is 0 Å². The topological polar surface area (TPSA) is 61.0 Å². The normalized spacial score (nSPS) is 26.4. The first-order chi connectivity index (χ1) is 6.74. The van der Waals surface area contributed by atoms with Crippen LogP contribution in [0, 0.1) is 0 Å². The smallest absolute Gasteiger partial charge is 0.233 e. The first kappa shape index (κ1) is 9.68. The molecule has 2 rings (SSSR count). The predicted octanol–water partition coefficient (Wildman–Crippen LogP) is 1.39. The van der Waals surface area contributed by atoms with Gasteiger partial charge >= 0.3 is 0 Å². The molecule has 1 heterocycles. The average Bonchev–Trinajstić information content (AvgIpc) is 2.56. The molecule has 0 saturated heterocycles. The summed E-state index contributed by atoms with van der Waals surface area (Å²) in [5, 5.41) is 7.90. The van der Waals surface area contributed by atoms with Crippen LogP contribution in [0.25, 0.3) is 0 Å². The predicted molar refractivity (Wildman–Crippen MR) is 53.3 cm³/mol. The van der Waals surface area contributed by atoms with E-state index in [0.29, 0.717) is 11.0 Å². The largest absolute Gasteiger partial charge is 0.473 e. The lowest BCUT2D eigenvalue weighted by Crippen LogP contribution is -2.19. The van der Waals surface area contributed by atoms with Crippen LogP contribution in [0.15, 0.2) is 12.1 Å². The highest BCUT2D eigenvalue weighted by molar-refractivity contribution is 6.29. The maximum absolute atomic E-state index is 5.77. The van der Waals surface area contributed by atoms with Crippen LogP contribution in [0.4, 0.5) is 0 Å². The zero-order chi connectivity index (χ0) is 9.97. The third kappa shape index (κ3) is 2.33. The van der Waals surface area contributed by atoms with Gasteiger partial charge in [-0.25, -0.2) is 0 Å². The Morgan fingerprint density at radius 1 is 1.36 bits per heavy atom. The molecule has 14 heavy (non-hydrogen) atoms. The summed E-state index contributed by atoms with van der Waals surface area (Å²) in [5.41, 5.74) is 5.77. The minimum Gasteiger partial charge on any atom is -0.473 e. The number of rotatable bonds is 2. The second-order valence-corrected chi connectivity index (χ2v) is 3.89. The molecule has 0 aromatic carbocycles. The molecule has 0 amide bonds. The van der Waals surface area contributed by atoms with E-state index in [2.05, 4.69) is 10.2 Å². The van der Waals surface area contributed by atoms with Gasteiger partial charge in [0.25, 0.3) is 0 Å². The molecule has 4 nitrogen and oxygen atoms in total. The number of hydrogen-bond acceptors (Lipinski definition) is 4. The second-order valence-electron chi connectivity index (χ2n) is 3.51. The van der Waals surface area contributed by atoms with Crippen molar-refractivity contribution in [3.8, 4) is 5.88 Å². The average molecular weight is 214 g/mol. The van der Waals surface area contributed by atoms with Crippen molar-refractivity contribution in [3.05, 3.63) is 17.3 Å². The summed E-state index contributed by atoms with van der Waals surface area (Å²) >= 11 is 5.60. The first-order valence-electron chi connectivity index (χ1n) is 4.65. The number of hydrogen-bond donors (Lipinski definition) is 1. The van der Waals surface area contributed by atoms with Crippen molar-refractivity contribution in [2.75, 3.05) is 0 Å². The molecule has 1 aromatic rings. The molecule has 1 aliphatic carbocycles. The number of nitrogens with zero attached hydrogens (tertiary/aromatic N) is 2. The van der Waals surface area contributed by atoms with Crippen LogP contribution in [-0.4, -0.2) is 22.3 Å². The Balaban J connectivity index is 1.94. The molecule has 76 valence electrons. The van der Waals surface area contributed by atoms with Gasteiger partial charge < -0.3 is 10.5 Å². The molecule has 1 aromatic heterocycles. The van der Waals surface area contributed by atoms with E-state index in [9.17, 15) is 0 Å². The summed E-state index contributed by atoms with van der Waals surface area (Å²) in [6, 6.07) is 3.65. The Morgan fingerprint density at radius 3 is 2.79 bits per heavy atom. The number of nitrogens with two attached hydrogens (primary N) is 1. The van der Waals surface area contributed by atoms with Gasteiger partial charge in [0.05, 0.1) is 0 Å². The summed E-state index contributed by atoms with van der Waals surface area (Å²) in [5.74, 6) is 0.522. The monoisotopic (exact) mass is 213 g/mol. The van der Waals surface area contributed by atoms with Gasteiger partial charge in [0.2, 0.25) is 5.88 Å². The van der Waals surface area contributed by atoms with E-state index >= 15 is 0 Å². The zero-order valence-electron chi connectivity index (χ0n) is 7.69. The van der Waals surface area contributed by atoms with Crippen molar-refractivity contribution in [3.63, 3.8) is 0 Å². The van der Waals surface area contributed by atoms with E-state index in [1.54, 1.807) is 12.1 Å². The van der Waals surface area contributed by atoms with Gasteiger partial charge in [-0.3, -0.25) is 0 Å². The van der Waals surface area contributed by atoms with Gasteiger partial charge in [-0.15, -0.1) is 10.2 Å². The van der Waals surface area contributed by atoms with Gasteiger partial charge in [0, 0.05) is 12.1 Å². The van der Waals surface area contributed by atoms with E-state index in [0.717, 1.165) is 19.3 Å². The van der Waals surface area contributed by atoms with E-state index < -0.39 is 0 Å². The van der Waals surface area contributed by atoms with Gasteiger partial charge in [0.15, 0.2) is 5.15 Å². The Labute approximate surface area is 87.4 Å². The van der Waals surface area contributed by atoms with E-state index in [1.165, 1.54) is 0 Å². The molecular weight excluding hydrogens is 202 g/mol. The Kier molecular flexibility index (Phi) is 2.84. The zero-order valence-corrected chi connectivity index (χ0v) is 8.44. The van der Waals surface area contributed by atoms with Crippen LogP contribution in [0.1, 0.15) is 19.3 Å². The van der Waals surface area contributed by atoms with Gasteiger partial charge in [0.1, 0.15) is 6.10 Å². The van der Waals surface area contributed by atoms with Crippen LogP contribution in [0.2, 0.25) is 5.15 Å². The Morgan fingerprint density at radius 2 is 2.21 bits per heavy atom. The standard InChI is InChI=1S/C9H12ClN3O/c10-8-3-4-9(13-12-8)14-7-2-1-6(11)5-7/h3-4,6-7H,1-2,5,11H2. The lowest BCUT2D eigenvalue weighted by Gasteiger charge is -2.11. The molecule has 1 saturated carbocycles. The maximum atomic E-state index is 5.77. The minimum atomic E-state index is 0.181. The molecule has 0 radical (unpaired) electrons. The summed E-state index contributed by atoms with van der Waals surface area (Å²) < 4.78 is 5.59. The highest BCUT2D eigenvalue weighted by Crippen LogP contribution is 2.22. The lowest BCUT2D eigenvalue weighted by atomic mass is 10.3. The number of aromatic nitrogens is 2. The van der Waals surface area contributed by atoms with Crippen LogP contribution >= 0.6 is 11.6 Å². The molecule has 2 N–H and O–H groups in total. The second kappa shape index (κ2) is 4.11. The highest BCUT2D eigenvalue weighted by atomic mass is 35.5. The summed E-state index contributed by atoms with van der Waals surface area (Å²) in [7, 11) is 0. The molecular formula is C9H12ClN3O. The summed E-state index contributed by atoms with van der Waals surface area (Å²) in [6.07, 6.45) is 3.09. The molecule has 2 unspecified atom stereocenters. The van der Waals surface area contributed by atoms with Gasteiger partial charge in [-0.1, -0.05) is 11.6 Å². The first-order valence-corrected chi connectivity index (χ1v) is 5.03. The van der Waals surface area contributed by atoms with Gasteiger partial charge in [-0.2, -0.15) is 0 Å². The molecule has 2 atom stereocenters. The summed E-state index contributed by atoms with van der Waals surface area (Å²) in [6.45, 7) is 0. The van der Waals surface area contributed by atoms with Crippen molar-refractivity contribution in [2.45, 2.75) is 31.4 Å². The van der Waals surface area contributed by atoms with Crippen LogP contribution in [0.5, 0.6) is 5.88 Å². The molecule has 1 fully saturated rings. The SMILES string of the molecule is NC1CCC(Oc2ccc(Cl)nn2)C1. The fourth-order valence-corrected chi connectivity index (χ4v) is 1.72. The Hall–Kier alpha value is -0.870. The van der Waals surface area contributed by atoms with E-state index in [4.69, 9.17) is 22.1 Å². The van der Waals surface area contributed by atoms with E-state index in [1.807, 2.05) is 0 Å². The molecule has 1 aliphatic rings. The minimum absolute atomic E-state index is 0.181. The third-order valence-electron chi connectivity index (χ3n) is 2.32. The molecule has 0 aliphatic heterocycles. The van der Waals surface area contributed by atoms with Crippen molar-refractivity contribution < 1.29 is 4.74 Å². The van der Waals surface area contributed by atoms with E-state index in [-0.39, 0.29) is 12.1 Å². The van der Waals surface area contributed by atoms with Crippen LogP contribution in [0.3, 0.4) is 0 Å². The maximum Gasteiger partial charge on any atom is 0.233 e. The van der Waals surface area contributed by atoms with Crippen molar-refractivity contribution in [1.82, 2.24) is 10.2 Å². The lowest BCUT2D eigenvalue weighted by molar-refractivity contribution is 0.197.